The number of pyridine rings is 1. The zero-order valence-corrected chi connectivity index (χ0v) is 19.9. The summed E-state index contributed by atoms with van der Waals surface area (Å²) in [4.78, 5) is 22.0. The van der Waals surface area contributed by atoms with E-state index in [-0.39, 0.29) is 10.5 Å². The fourth-order valence-electron chi connectivity index (χ4n) is 3.62. The molecule has 1 aliphatic heterocycles. The van der Waals surface area contributed by atoms with E-state index in [1.54, 1.807) is 26.1 Å². The smallest absolute Gasteiger partial charge is 0.259 e. The number of ether oxygens (including phenoxy) is 1. The van der Waals surface area contributed by atoms with Crippen LogP contribution in [0.2, 0.25) is 0 Å². The van der Waals surface area contributed by atoms with Crippen molar-refractivity contribution in [1.29, 1.82) is 0 Å². The lowest BCUT2D eigenvalue weighted by molar-refractivity contribution is 0.102. The van der Waals surface area contributed by atoms with E-state index in [0.717, 1.165) is 32.0 Å². The Bertz CT molecular complexity index is 1030. The number of anilines is 2. The number of hydrogen-bond acceptors (Lipinski definition) is 7. The van der Waals surface area contributed by atoms with Crippen molar-refractivity contribution in [2.45, 2.75) is 18.7 Å². The minimum atomic E-state index is -3.70. The maximum atomic E-state index is 13.0. The SMILES string of the molecule is CCN(CC)S(=O)(=O)c1ccc(OC)c(C(=O)Nc2ccc(N3CCN(C)CC3)nc2)c1. The summed E-state index contributed by atoms with van der Waals surface area (Å²) >= 11 is 0. The Balaban J connectivity index is 1.79. The zero-order chi connectivity index (χ0) is 23.3. The summed E-state index contributed by atoms with van der Waals surface area (Å²) in [6, 6.07) is 7.98. The topological polar surface area (TPSA) is 95.1 Å². The van der Waals surface area contributed by atoms with Gasteiger partial charge in [-0.1, -0.05) is 13.8 Å². The fourth-order valence-corrected chi connectivity index (χ4v) is 5.10. The van der Waals surface area contributed by atoms with Crippen LogP contribution in [0.5, 0.6) is 5.75 Å². The molecule has 2 heterocycles. The van der Waals surface area contributed by atoms with Gasteiger partial charge in [0.15, 0.2) is 0 Å². The lowest BCUT2D eigenvalue weighted by Crippen LogP contribution is -2.44. The molecule has 0 aliphatic carbocycles. The molecule has 1 fully saturated rings. The monoisotopic (exact) mass is 461 g/mol. The van der Waals surface area contributed by atoms with Crippen molar-refractivity contribution in [1.82, 2.24) is 14.2 Å². The van der Waals surface area contributed by atoms with Gasteiger partial charge < -0.3 is 19.9 Å². The van der Waals surface area contributed by atoms with Crippen LogP contribution in [0.3, 0.4) is 0 Å². The van der Waals surface area contributed by atoms with Crippen LogP contribution in [0, 0.1) is 0 Å². The second-order valence-corrected chi connectivity index (χ2v) is 9.54. The first-order valence-electron chi connectivity index (χ1n) is 10.7. The van der Waals surface area contributed by atoms with Gasteiger partial charge in [0, 0.05) is 39.3 Å². The number of hydrogen-bond donors (Lipinski definition) is 1. The number of benzene rings is 1. The van der Waals surface area contributed by atoms with Crippen molar-refractivity contribution < 1.29 is 17.9 Å². The second-order valence-electron chi connectivity index (χ2n) is 7.60. The van der Waals surface area contributed by atoms with Crippen molar-refractivity contribution >= 4 is 27.4 Å². The van der Waals surface area contributed by atoms with E-state index in [1.807, 2.05) is 6.07 Å². The molecule has 1 amide bonds. The predicted octanol–water partition coefficient (Wildman–Crippen LogP) is 2.12. The summed E-state index contributed by atoms with van der Waals surface area (Å²) in [5.41, 5.74) is 0.663. The first-order valence-corrected chi connectivity index (χ1v) is 12.1. The van der Waals surface area contributed by atoms with Crippen LogP contribution < -0.4 is 15.0 Å². The van der Waals surface area contributed by atoms with E-state index in [0.29, 0.717) is 24.5 Å². The number of aromatic nitrogens is 1. The summed E-state index contributed by atoms with van der Waals surface area (Å²) < 4.78 is 32.4. The number of nitrogens with zero attached hydrogens (tertiary/aromatic N) is 4. The number of amides is 1. The van der Waals surface area contributed by atoms with E-state index >= 15 is 0 Å². The van der Waals surface area contributed by atoms with Crippen molar-refractivity contribution in [3.63, 3.8) is 0 Å². The van der Waals surface area contributed by atoms with Crippen molar-refractivity contribution in [3.05, 3.63) is 42.1 Å². The van der Waals surface area contributed by atoms with Crippen molar-refractivity contribution in [2.24, 2.45) is 0 Å². The predicted molar refractivity (Wildman–Crippen MR) is 125 cm³/mol. The van der Waals surface area contributed by atoms with Gasteiger partial charge in [0.2, 0.25) is 10.0 Å². The molecule has 32 heavy (non-hydrogen) atoms. The number of carbonyl (C=O) groups excluding carboxylic acids is 1. The largest absolute Gasteiger partial charge is 0.496 e. The lowest BCUT2D eigenvalue weighted by Gasteiger charge is -2.33. The third-order valence-electron chi connectivity index (χ3n) is 5.59. The van der Waals surface area contributed by atoms with Gasteiger partial charge in [-0.2, -0.15) is 4.31 Å². The van der Waals surface area contributed by atoms with Crippen LogP contribution in [0.25, 0.3) is 0 Å². The number of likely N-dealkylation sites (N-methyl/N-ethyl adjacent to an activating group) is 1. The fraction of sp³-hybridized carbons (Fsp3) is 0.455. The first kappa shape index (κ1) is 24.0. The molecule has 0 saturated carbocycles. The average molecular weight is 462 g/mol. The van der Waals surface area contributed by atoms with Crippen LogP contribution in [0.1, 0.15) is 24.2 Å². The van der Waals surface area contributed by atoms with Gasteiger partial charge in [0.05, 0.1) is 29.5 Å². The Morgan fingerprint density at radius 3 is 2.38 bits per heavy atom. The van der Waals surface area contributed by atoms with Crippen molar-refractivity contribution in [3.8, 4) is 5.75 Å². The Labute approximate surface area is 190 Å². The second kappa shape index (κ2) is 10.3. The Morgan fingerprint density at radius 1 is 1.12 bits per heavy atom. The molecule has 2 aromatic rings. The van der Waals surface area contributed by atoms with E-state index in [9.17, 15) is 13.2 Å². The molecular formula is C22H31N5O4S. The van der Waals surface area contributed by atoms with Gasteiger partial charge in [-0.3, -0.25) is 4.79 Å². The molecule has 1 N–H and O–H groups in total. The molecule has 9 nitrogen and oxygen atoms in total. The average Bonchev–Trinajstić information content (AvgIpc) is 2.80. The molecule has 0 bridgehead atoms. The summed E-state index contributed by atoms with van der Waals surface area (Å²) in [6.07, 6.45) is 1.61. The molecule has 174 valence electrons. The standard InChI is InChI=1S/C22H31N5O4S/c1-5-27(6-2)32(29,30)18-8-9-20(31-4)19(15-18)22(28)24-17-7-10-21(23-16-17)26-13-11-25(3)12-14-26/h7-10,15-16H,5-6,11-14H2,1-4H3,(H,24,28). The number of carbonyl (C=O) groups is 1. The van der Waals surface area contributed by atoms with Gasteiger partial charge in [-0.25, -0.2) is 13.4 Å². The summed E-state index contributed by atoms with van der Waals surface area (Å²) in [6.45, 7) is 8.00. The Hall–Kier alpha value is -2.69. The van der Waals surface area contributed by atoms with E-state index in [1.165, 1.54) is 29.6 Å². The molecule has 0 atom stereocenters. The quantitative estimate of drug-likeness (QED) is 0.643. The van der Waals surface area contributed by atoms with Crippen LogP contribution in [-0.2, 0) is 10.0 Å². The van der Waals surface area contributed by atoms with Crippen LogP contribution in [0.4, 0.5) is 11.5 Å². The summed E-state index contributed by atoms with van der Waals surface area (Å²) in [5, 5.41) is 2.79. The normalized spacial score (nSPS) is 15.1. The highest BCUT2D eigenvalue weighted by molar-refractivity contribution is 7.89. The molecule has 1 saturated heterocycles. The molecule has 3 rings (SSSR count). The summed E-state index contributed by atoms with van der Waals surface area (Å²) in [5.74, 6) is 0.691. The maximum absolute atomic E-state index is 13.0. The molecule has 1 aliphatic rings. The number of methoxy groups -OCH3 is 1. The maximum Gasteiger partial charge on any atom is 0.259 e. The van der Waals surface area contributed by atoms with E-state index < -0.39 is 15.9 Å². The van der Waals surface area contributed by atoms with Crippen LogP contribution in [0.15, 0.2) is 41.4 Å². The van der Waals surface area contributed by atoms with Crippen LogP contribution in [-0.4, -0.2) is 81.9 Å². The molecule has 0 spiro atoms. The Kier molecular flexibility index (Phi) is 7.70. The molecule has 1 aromatic heterocycles. The number of sulfonamides is 1. The lowest BCUT2D eigenvalue weighted by atomic mass is 10.2. The molecular weight excluding hydrogens is 430 g/mol. The molecule has 10 heteroatoms. The highest BCUT2D eigenvalue weighted by atomic mass is 32.2. The first-order chi connectivity index (χ1) is 15.3. The third kappa shape index (κ3) is 5.20. The van der Waals surface area contributed by atoms with Crippen LogP contribution >= 0.6 is 0 Å². The highest BCUT2D eigenvalue weighted by Gasteiger charge is 2.24. The van der Waals surface area contributed by atoms with Gasteiger partial charge >= 0.3 is 0 Å². The van der Waals surface area contributed by atoms with E-state index in [2.05, 4.69) is 27.1 Å². The van der Waals surface area contributed by atoms with E-state index in [4.69, 9.17) is 4.74 Å². The molecule has 1 aromatic carbocycles. The third-order valence-corrected chi connectivity index (χ3v) is 7.64. The Morgan fingerprint density at radius 2 is 1.81 bits per heavy atom. The molecule has 0 unspecified atom stereocenters. The minimum absolute atomic E-state index is 0.0516. The van der Waals surface area contributed by atoms with Gasteiger partial charge in [-0.15, -0.1) is 0 Å². The number of piperazine rings is 1. The number of rotatable bonds is 8. The zero-order valence-electron chi connectivity index (χ0n) is 19.0. The van der Waals surface area contributed by atoms with Gasteiger partial charge in [0.25, 0.3) is 5.91 Å². The molecule has 0 radical (unpaired) electrons. The van der Waals surface area contributed by atoms with Crippen molar-refractivity contribution in [2.75, 3.05) is 63.6 Å². The number of nitrogens with one attached hydrogen (secondary N) is 1. The summed E-state index contributed by atoms with van der Waals surface area (Å²) in [7, 11) is -0.162. The van der Waals surface area contributed by atoms with Gasteiger partial charge in [0.1, 0.15) is 11.6 Å². The highest BCUT2D eigenvalue weighted by Crippen LogP contribution is 2.26. The minimum Gasteiger partial charge on any atom is -0.496 e. The van der Waals surface area contributed by atoms with Gasteiger partial charge in [-0.05, 0) is 37.4 Å².